The summed E-state index contributed by atoms with van der Waals surface area (Å²) in [5.74, 6) is 1.62. The van der Waals surface area contributed by atoms with Crippen molar-refractivity contribution in [3.8, 4) is 11.5 Å². The van der Waals surface area contributed by atoms with E-state index in [9.17, 15) is 4.79 Å². The summed E-state index contributed by atoms with van der Waals surface area (Å²) >= 11 is 0. The Hall–Kier alpha value is -2.21. The Morgan fingerprint density at radius 1 is 1.22 bits per heavy atom. The van der Waals surface area contributed by atoms with Gasteiger partial charge in [0, 0.05) is 31.2 Å². The molecule has 1 aromatic heterocycles. The van der Waals surface area contributed by atoms with Crippen LogP contribution in [0.15, 0.2) is 34.9 Å². The normalized spacial score (nSPS) is 24.3. The number of benzene rings is 1. The van der Waals surface area contributed by atoms with Gasteiger partial charge in [0.2, 0.25) is 5.91 Å². The average molecular weight is 313 g/mol. The number of hydrogen-bond donors (Lipinski definition) is 0. The molecule has 0 radical (unpaired) electrons. The molecule has 1 amide bonds. The van der Waals surface area contributed by atoms with E-state index in [2.05, 4.69) is 10.1 Å². The number of likely N-dealkylation sites (tertiary alicyclic amines) is 1. The Morgan fingerprint density at radius 3 is 2.87 bits per heavy atom. The van der Waals surface area contributed by atoms with Crippen molar-refractivity contribution >= 4 is 5.91 Å². The van der Waals surface area contributed by atoms with Crippen LogP contribution in [0, 0.1) is 5.92 Å². The quantitative estimate of drug-likeness (QED) is 0.868. The summed E-state index contributed by atoms with van der Waals surface area (Å²) in [4.78, 5) is 18.9. The first-order valence-electron chi connectivity index (χ1n) is 8.07. The predicted octanol–water partition coefficient (Wildman–Crippen LogP) is 2.09. The second-order valence-electron chi connectivity index (χ2n) is 6.15. The first kappa shape index (κ1) is 14.4. The minimum Gasteiger partial charge on any atom is -0.381 e. The lowest BCUT2D eigenvalue weighted by Gasteiger charge is -2.19. The van der Waals surface area contributed by atoms with Crippen LogP contribution in [0.3, 0.4) is 0 Å². The molecule has 120 valence electrons. The SMILES string of the molecule is O=C([C@@H]1CCOC1)N1CC[C@@H](c2noc(-c3ccccc3)n2)C1. The molecule has 0 aliphatic carbocycles. The van der Waals surface area contributed by atoms with Gasteiger partial charge in [0.05, 0.1) is 12.5 Å². The second-order valence-corrected chi connectivity index (χ2v) is 6.15. The fourth-order valence-electron chi connectivity index (χ4n) is 3.26. The number of nitrogens with zero attached hydrogens (tertiary/aromatic N) is 3. The van der Waals surface area contributed by atoms with Gasteiger partial charge >= 0.3 is 0 Å². The molecule has 6 nitrogen and oxygen atoms in total. The highest BCUT2D eigenvalue weighted by molar-refractivity contribution is 5.79. The molecule has 2 atom stereocenters. The molecule has 6 heteroatoms. The average Bonchev–Trinajstić information content (AvgIpc) is 3.35. The number of carbonyl (C=O) groups excluding carboxylic acids is 1. The third kappa shape index (κ3) is 2.86. The molecule has 0 unspecified atom stereocenters. The minimum absolute atomic E-state index is 0.0268. The van der Waals surface area contributed by atoms with Gasteiger partial charge < -0.3 is 14.2 Å². The van der Waals surface area contributed by atoms with E-state index >= 15 is 0 Å². The lowest BCUT2D eigenvalue weighted by atomic mass is 10.1. The third-order valence-electron chi connectivity index (χ3n) is 4.61. The van der Waals surface area contributed by atoms with Crippen LogP contribution < -0.4 is 0 Å². The van der Waals surface area contributed by atoms with E-state index in [-0.39, 0.29) is 17.7 Å². The summed E-state index contributed by atoms with van der Waals surface area (Å²) in [5.41, 5.74) is 0.917. The topological polar surface area (TPSA) is 68.5 Å². The number of carbonyl (C=O) groups is 1. The molecule has 23 heavy (non-hydrogen) atoms. The summed E-state index contributed by atoms with van der Waals surface area (Å²) in [5, 5.41) is 4.12. The molecule has 0 spiro atoms. The number of rotatable bonds is 3. The maximum Gasteiger partial charge on any atom is 0.257 e. The van der Waals surface area contributed by atoms with Gasteiger partial charge in [0.1, 0.15) is 0 Å². The Kier molecular flexibility index (Phi) is 3.83. The van der Waals surface area contributed by atoms with E-state index in [0.29, 0.717) is 31.5 Å². The molecule has 0 N–H and O–H groups in total. The summed E-state index contributed by atoms with van der Waals surface area (Å²) in [6.07, 6.45) is 1.72. The minimum atomic E-state index is 0.0268. The number of ether oxygens (including phenoxy) is 1. The fourth-order valence-corrected chi connectivity index (χ4v) is 3.26. The van der Waals surface area contributed by atoms with Crippen molar-refractivity contribution in [2.75, 3.05) is 26.3 Å². The van der Waals surface area contributed by atoms with E-state index in [0.717, 1.165) is 24.9 Å². The van der Waals surface area contributed by atoms with Gasteiger partial charge in [-0.1, -0.05) is 23.4 Å². The van der Waals surface area contributed by atoms with Crippen LogP contribution in [0.1, 0.15) is 24.6 Å². The van der Waals surface area contributed by atoms with E-state index in [1.165, 1.54) is 0 Å². The van der Waals surface area contributed by atoms with Gasteiger partial charge in [-0.25, -0.2) is 0 Å². The van der Waals surface area contributed by atoms with Crippen LogP contribution in [-0.2, 0) is 9.53 Å². The highest BCUT2D eigenvalue weighted by Crippen LogP contribution is 2.29. The monoisotopic (exact) mass is 313 g/mol. The van der Waals surface area contributed by atoms with Crippen LogP contribution >= 0.6 is 0 Å². The number of hydrogen-bond acceptors (Lipinski definition) is 5. The zero-order valence-corrected chi connectivity index (χ0v) is 12.9. The predicted molar refractivity (Wildman–Crippen MR) is 82.6 cm³/mol. The van der Waals surface area contributed by atoms with Crippen molar-refractivity contribution < 1.29 is 14.1 Å². The molecule has 0 saturated carbocycles. The van der Waals surface area contributed by atoms with Crippen LogP contribution in [0.25, 0.3) is 11.5 Å². The molecule has 2 fully saturated rings. The summed E-state index contributed by atoms with van der Waals surface area (Å²) in [7, 11) is 0. The van der Waals surface area contributed by atoms with Gasteiger partial charge in [0.25, 0.3) is 5.89 Å². The van der Waals surface area contributed by atoms with Crippen LogP contribution in [-0.4, -0.2) is 47.3 Å². The standard InChI is InChI=1S/C17H19N3O3/c21-17(14-7-9-22-11-14)20-8-6-13(10-20)15-18-16(23-19-15)12-4-2-1-3-5-12/h1-5,13-14H,6-11H2/t13-,14-/m1/s1. The highest BCUT2D eigenvalue weighted by Gasteiger charge is 2.35. The fraction of sp³-hybridized carbons (Fsp3) is 0.471. The molecule has 1 aromatic carbocycles. The molecule has 2 saturated heterocycles. The molecule has 3 heterocycles. The third-order valence-corrected chi connectivity index (χ3v) is 4.61. The molecule has 2 aliphatic rings. The molecule has 4 rings (SSSR count). The number of amides is 1. The second kappa shape index (κ2) is 6.12. The van der Waals surface area contributed by atoms with E-state index in [4.69, 9.17) is 9.26 Å². The van der Waals surface area contributed by atoms with E-state index in [1.54, 1.807) is 0 Å². The lowest BCUT2D eigenvalue weighted by molar-refractivity contribution is -0.134. The van der Waals surface area contributed by atoms with Crippen molar-refractivity contribution in [3.63, 3.8) is 0 Å². The van der Waals surface area contributed by atoms with E-state index < -0.39 is 0 Å². The largest absolute Gasteiger partial charge is 0.381 e. The van der Waals surface area contributed by atoms with Gasteiger partial charge in [-0.2, -0.15) is 4.98 Å². The zero-order chi connectivity index (χ0) is 15.6. The smallest absolute Gasteiger partial charge is 0.257 e. The van der Waals surface area contributed by atoms with Crippen LogP contribution in [0.5, 0.6) is 0 Å². The van der Waals surface area contributed by atoms with Crippen molar-refractivity contribution in [1.29, 1.82) is 0 Å². The Bertz CT molecular complexity index is 679. The van der Waals surface area contributed by atoms with Gasteiger partial charge in [-0.05, 0) is 25.0 Å². The molecule has 0 bridgehead atoms. The van der Waals surface area contributed by atoms with Crippen molar-refractivity contribution in [3.05, 3.63) is 36.2 Å². The maximum atomic E-state index is 12.4. The molecular weight excluding hydrogens is 294 g/mol. The van der Waals surface area contributed by atoms with Crippen LogP contribution in [0.2, 0.25) is 0 Å². The van der Waals surface area contributed by atoms with Crippen molar-refractivity contribution in [2.45, 2.75) is 18.8 Å². The van der Waals surface area contributed by atoms with Crippen molar-refractivity contribution in [1.82, 2.24) is 15.0 Å². The van der Waals surface area contributed by atoms with Gasteiger partial charge in [-0.3, -0.25) is 4.79 Å². The zero-order valence-electron chi connectivity index (χ0n) is 12.9. The van der Waals surface area contributed by atoms with E-state index in [1.807, 2.05) is 35.2 Å². The lowest BCUT2D eigenvalue weighted by Crippen LogP contribution is -2.34. The Morgan fingerprint density at radius 2 is 2.09 bits per heavy atom. The van der Waals surface area contributed by atoms with Gasteiger partial charge in [-0.15, -0.1) is 0 Å². The Labute approximate surface area is 134 Å². The van der Waals surface area contributed by atoms with Crippen molar-refractivity contribution in [2.24, 2.45) is 5.92 Å². The summed E-state index contributed by atoms with van der Waals surface area (Å²) in [6.45, 7) is 2.68. The highest BCUT2D eigenvalue weighted by atomic mass is 16.5. The molecule has 2 aliphatic heterocycles. The molecular formula is C17H19N3O3. The Balaban J connectivity index is 1.44. The first-order valence-corrected chi connectivity index (χ1v) is 8.07. The molecule has 2 aromatic rings. The summed E-state index contributed by atoms with van der Waals surface area (Å²) in [6, 6.07) is 9.73. The summed E-state index contributed by atoms with van der Waals surface area (Å²) < 4.78 is 10.7. The van der Waals surface area contributed by atoms with Gasteiger partial charge in [0.15, 0.2) is 5.82 Å². The maximum absolute atomic E-state index is 12.4. The first-order chi connectivity index (χ1) is 11.3. The number of aromatic nitrogens is 2. The van der Waals surface area contributed by atoms with Crippen LogP contribution in [0.4, 0.5) is 0 Å².